The maximum absolute atomic E-state index is 5.38. The van der Waals surface area contributed by atoms with Gasteiger partial charge in [-0.2, -0.15) is 0 Å². The summed E-state index contributed by atoms with van der Waals surface area (Å²) >= 11 is 0. The van der Waals surface area contributed by atoms with Gasteiger partial charge in [-0.1, -0.05) is 158 Å². The van der Waals surface area contributed by atoms with Crippen LogP contribution in [-0.2, 0) is 0 Å². The molecular formula is C48H30N4. The number of pyridine rings is 2. The van der Waals surface area contributed by atoms with Crippen LogP contribution in [0.3, 0.4) is 0 Å². The Bertz CT molecular complexity index is 2880. The molecule has 0 amide bonds. The molecule has 0 aliphatic rings. The van der Waals surface area contributed by atoms with E-state index in [2.05, 4.69) is 146 Å². The molecule has 0 saturated heterocycles. The molecule has 0 N–H and O–H groups in total. The molecule has 4 nitrogen and oxygen atoms in total. The molecule has 10 aromatic rings. The normalized spacial score (nSPS) is 11.5. The highest BCUT2D eigenvalue weighted by Crippen LogP contribution is 2.39. The highest BCUT2D eigenvalue weighted by Gasteiger charge is 2.18. The van der Waals surface area contributed by atoms with Crippen LogP contribution in [0, 0.1) is 0 Å². The number of para-hydroxylation sites is 1. The number of aromatic nitrogens is 4. The van der Waals surface area contributed by atoms with Gasteiger partial charge in [0.1, 0.15) is 0 Å². The van der Waals surface area contributed by atoms with E-state index in [-0.39, 0.29) is 0 Å². The molecule has 0 aliphatic carbocycles. The largest absolute Gasteiger partial charge is 0.245 e. The van der Waals surface area contributed by atoms with Crippen molar-refractivity contribution in [1.82, 2.24) is 19.9 Å². The molecule has 242 valence electrons. The second kappa shape index (κ2) is 12.4. The number of rotatable bonds is 5. The SMILES string of the molecule is c1ccc(-c2cc(-c3ccccc3)nc(-c3ccc(-c4ccc5ccc6c(-c7ccccc7)c7ccccc7nc6c5n4)c4ccccc34)n2)cc1. The molecule has 0 unspecified atom stereocenters. The van der Waals surface area contributed by atoms with E-state index in [0.29, 0.717) is 5.82 Å². The van der Waals surface area contributed by atoms with Gasteiger partial charge in [-0.25, -0.2) is 19.9 Å². The van der Waals surface area contributed by atoms with E-state index in [1.807, 2.05) is 36.4 Å². The fourth-order valence-corrected chi connectivity index (χ4v) is 7.40. The Kier molecular flexibility index (Phi) is 7.10. The van der Waals surface area contributed by atoms with E-state index in [0.717, 1.165) is 88.4 Å². The number of nitrogens with zero attached hydrogens (tertiary/aromatic N) is 4. The van der Waals surface area contributed by atoms with Crippen molar-refractivity contribution in [2.75, 3.05) is 0 Å². The molecule has 7 aromatic carbocycles. The van der Waals surface area contributed by atoms with Crippen molar-refractivity contribution in [1.29, 1.82) is 0 Å². The van der Waals surface area contributed by atoms with Crippen LogP contribution in [0.25, 0.3) is 99.8 Å². The van der Waals surface area contributed by atoms with Gasteiger partial charge in [-0.3, -0.25) is 0 Å². The number of hydrogen-bond acceptors (Lipinski definition) is 4. The van der Waals surface area contributed by atoms with E-state index in [9.17, 15) is 0 Å². The zero-order valence-electron chi connectivity index (χ0n) is 28.1. The van der Waals surface area contributed by atoms with Crippen molar-refractivity contribution in [3.05, 3.63) is 182 Å². The molecule has 0 fully saturated rings. The van der Waals surface area contributed by atoms with Gasteiger partial charge in [0.05, 0.1) is 33.6 Å². The lowest BCUT2D eigenvalue weighted by Gasteiger charge is -2.15. The van der Waals surface area contributed by atoms with E-state index in [4.69, 9.17) is 19.9 Å². The summed E-state index contributed by atoms with van der Waals surface area (Å²) in [5, 5.41) is 5.43. The van der Waals surface area contributed by atoms with Gasteiger partial charge in [0.15, 0.2) is 5.82 Å². The van der Waals surface area contributed by atoms with Crippen LogP contribution in [0.15, 0.2) is 182 Å². The Hall–Kier alpha value is -7.04. The maximum atomic E-state index is 5.38. The first-order valence-corrected chi connectivity index (χ1v) is 17.5. The van der Waals surface area contributed by atoms with Crippen LogP contribution < -0.4 is 0 Å². The lowest BCUT2D eigenvalue weighted by molar-refractivity contribution is 1.19. The summed E-state index contributed by atoms with van der Waals surface area (Å²) in [5.74, 6) is 0.685. The summed E-state index contributed by atoms with van der Waals surface area (Å²) in [7, 11) is 0. The van der Waals surface area contributed by atoms with Crippen molar-refractivity contribution in [2.45, 2.75) is 0 Å². The Morgan fingerprint density at radius 3 is 1.52 bits per heavy atom. The molecule has 3 aromatic heterocycles. The summed E-state index contributed by atoms with van der Waals surface area (Å²) in [6, 6.07) is 63.1. The number of fused-ring (bicyclic) bond motifs is 5. The number of hydrogen-bond donors (Lipinski definition) is 0. The fourth-order valence-electron chi connectivity index (χ4n) is 7.40. The minimum absolute atomic E-state index is 0.685. The Morgan fingerprint density at radius 1 is 0.308 bits per heavy atom. The lowest BCUT2D eigenvalue weighted by atomic mass is 9.94. The fraction of sp³-hybridized carbons (Fsp3) is 0. The van der Waals surface area contributed by atoms with Crippen LogP contribution in [0.4, 0.5) is 0 Å². The second-order valence-electron chi connectivity index (χ2n) is 13.0. The quantitative estimate of drug-likeness (QED) is 0.136. The smallest absolute Gasteiger partial charge is 0.161 e. The van der Waals surface area contributed by atoms with Gasteiger partial charge < -0.3 is 0 Å². The second-order valence-corrected chi connectivity index (χ2v) is 13.0. The third-order valence-corrected chi connectivity index (χ3v) is 9.88. The maximum Gasteiger partial charge on any atom is 0.161 e. The summed E-state index contributed by atoms with van der Waals surface area (Å²) in [4.78, 5) is 20.9. The van der Waals surface area contributed by atoms with E-state index < -0.39 is 0 Å². The summed E-state index contributed by atoms with van der Waals surface area (Å²) in [6.07, 6.45) is 0. The van der Waals surface area contributed by atoms with Crippen LogP contribution in [0.2, 0.25) is 0 Å². The first-order valence-electron chi connectivity index (χ1n) is 17.5. The Labute approximate surface area is 300 Å². The molecule has 0 spiro atoms. The van der Waals surface area contributed by atoms with Crippen molar-refractivity contribution in [3.63, 3.8) is 0 Å². The highest BCUT2D eigenvalue weighted by atomic mass is 14.9. The van der Waals surface area contributed by atoms with Gasteiger partial charge in [-0.05, 0) is 40.6 Å². The Morgan fingerprint density at radius 2 is 0.846 bits per heavy atom. The average molecular weight is 663 g/mol. The first kappa shape index (κ1) is 29.8. The van der Waals surface area contributed by atoms with Gasteiger partial charge in [0.2, 0.25) is 0 Å². The van der Waals surface area contributed by atoms with Crippen molar-refractivity contribution in [2.24, 2.45) is 0 Å². The third-order valence-electron chi connectivity index (χ3n) is 9.88. The highest BCUT2D eigenvalue weighted by molar-refractivity contribution is 6.16. The van der Waals surface area contributed by atoms with Gasteiger partial charge in [-0.15, -0.1) is 0 Å². The van der Waals surface area contributed by atoms with Crippen molar-refractivity contribution in [3.8, 4) is 56.3 Å². The van der Waals surface area contributed by atoms with Crippen LogP contribution in [0.5, 0.6) is 0 Å². The first-order chi connectivity index (χ1) is 25.8. The molecule has 10 rings (SSSR count). The van der Waals surface area contributed by atoms with Crippen molar-refractivity contribution < 1.29 is 0 Å². The van der Waals surface area contributed by atoms with Crippen LogP contribution in [0.1, 0.15) is 0 Å². The van der Waals surface area contributed by atoms with Crippen LogP contribution >= 0.6 is 0 Å². The Balaban J connectivity index is 1.17. The summed E-state index contributed by atoms with van der Waals surface area (Å²) in [6.45, 7) is 0. The standard InChI is InChI=1S/C48H30N4/c1-4-14-31(15-5-1)43-30-44(32-16-6-2-7-17-32)52-48(51-43)38-28-27-37(35-20-10-11-21-36(35)38)42-29-25-34-24-26-40-45(33-18-8-3-9-19-33)39-22-12-13-23-41(39)50-47(40)46(34)49-42/h1-30H. The summed E-state index contributed by atoms with van der Waals surface area (Å²) in [5.41, 5.74) is 11.9. The van der Waals surface area contributed by atoms with E-state index >= 15 is 0 Å². The molecule has 3 heterocycles. The minimum atomic E-state index is 0.685. The summed E-state index contributed by atoms with van der Waals surface area (Å²) < 4.78 is 0. The molecule has 4 heteroatoms. The van der Waals surface area contributed by atoms with Gasteiger partial charge in [0, 0.05) is 44.0 Å². The van der Waals surface area contributed by atoms with Crippen LogP contribution in [-0.4, -0.2) is 19.9 Å². The third kappa shape index (κ3) is 5.09. The zero-order valence-corrected chi connectivity index (χ0v) is 28.1. The van der Waals surface area contributed by atoms with Gasteiger partial charge in [0.25, 0.3) is 0 Å². The molecule has 52 heavy (non-hydrogen) atoms. The van der Waals surface area contributed by atoms with Gasteiger partial charge >= 0.3 is 0 Å². The van der Waals surface area contributed by atoms with Crippen molar-refractivity contribution >= 4 is 43.5 Å². The molecule has 0 atom stereocenters. The molecule has 0 saturated carbocycles. The topological polar surface area (TPSA) is 51.6 Å². The predicted octanol–water partition coefficient (Wildman–Crippen LogP) is 12.2. The van der Waals surface area contributed by atoms with E-state index in [1.54, 1.807) is 0 Å². The molecule has 0 bridgehead atoms. The molecule has 0 radical (unpaired) electrons. The zero-order chi connectivity index (χ0) is 34.4. The van der Waals surface area contributed by atoms with E-state index in [1.165, 1.54) is 5.56 Å². The molecular weight excluding hydrogens is 633 g/mol. The average Bonchev–Trinajstić information content (AvgIpc) is 3.23. The lowest BCUT2D eigenvalue weighted by Crippen LogP contribution is -1.97. The number of benzene rings is 7. The molecule has 0 aliphatic heterocycles. The monoisotopic (exact) mass is 662 g/mol. The minimum Gasteiger partial charge on any atom is -0.245 e. The predicted molar refractivity (Wildman–Crippen MR) is 215 cm³/mol.